The standard InChI is InChI=1S/C18H10F5N3/c19-12-6-10-2-1-5-26(17(10)11(7-12)8-24)15-4-3-14(18(21,22)23)16(20)13(15)9-25/h3-4,6-7H,1-2,5H2. The van der Waals surface area contributed by atoms with E-state index in [2.05, 4.69) is 0 Å². The summed E-state index contributed by atoms with van der Waals surface area (Å²) < 4.78 is 66.7. The quantitative estimate of drug-likeness (QED) is 0.683. The van der Waals surface area contributed by atoms with Crippen LogP contribution in [-0.4, -0.2) is 6.54 Å². The molecule has 0 fully saturated rings. The molecule has 1 aliphatic heterocycles. The molecule has 0 saturated heterocycles. The molecular formula is C18H10F5N3. The number of hydrogen-bond acceptors (Lipinski definition) is 3. The van der Waals surface area contributed by atoms with Crippen LogP contribution in [0.4, 0.5) is 33.3 Å². The lowest BCUT2D eigenvalue weighted by Crippen LogP contribution is -2.27. The van der Waals surface area contributed by atoms with Gasteiger partial charge in [0, 0.05) is 6.54 Å². The summed E-state index contributed by atoms with van der Waals surface area (Å²) in [4.78, 5) is 1.40. The van der Waals surface area contributed by atoms with Crippen molar-refractivity contribution in [3.8, 4) is 12.1 Å². The molecule has 8 heteroatoms. The second-order valence-corrected chi connectivity index (χ2v) is 5.76. The van der Waals surface area contributed by atoms with E-state index in [1.807, 2.05) is 6.07 Å². The van der Waals surface area contributed by atoms with Gasteiger partial charge in [-0.3, -0.25) is 0 Å². The minimum atomic E-state index is -4.94. The van der Waals surface area contributed by atoms with E-state index in [4.69, 9.17) is 0 Å². The molecule has 1 heterocycles. The predicted molar refractivity (Wildman–Crippen MR) is 82.6 cm³/mol. The lowest BCUT2D eigenvalue weighted by Gasteiger charge is -2.33. The highest BCUT2D eigenvalue weighted by Gasteiger charge is 2.37. The van der Waals surface area contributed by atoms with Crippen LogP contribution in [0.5, 0.6) is 0 Å². The maximum Gasteiger partial charge on any atom is 0.419 e. The van der Waals surface area contributed by atoms with Gasteiger partial charge in [-0.2, -0.15) is 23.7 Å². The van der Waals surface area contributed by atoms with Crippen molar-refractivity contribution >= 4 is 11.4 Å². The summed E-state index contributed by atoms with van der Waals surface area (Å²) in [5.41, 5.74) is -1.63. The van der Waals surface area contributed by atoms with E-state index in [0.717, 1.165) is 12.1 Å². The van der Waals surface area contributed by atoms with Crippen molar-refractivity contribution in [3.63, 3.8) is 0 Å². The van der Waals surface area contributed by atoms with E-state index >= 15 is 0 Å². The van der Waals surface area contributed by atoms with Gasteiger partial charge in [0.2, 0.25) is 0 Å². The minimum Gasteiger partial charge on any atom is -0.339 e. The summed E-state index contributed by atoms with van der Waals surface area (Å²) in [5.74, 6) is -2.27. The Balaban J connectivity index is 2.24. The lowest BCUT2D eigenvalue weighted by atomic mass is 9.96. The van der Waals surface area contributed by atoms with Crippen LogP contribution < -0.4 is 4.90 Å². The van der Waals surface area contributed by atoms with E-state index in [9.17, 15) is 32.5 Å². The Morgan fingerprint density at radius 3 is 2.38 bits per heavy atom. The number of nitriles is 2. The Labute approximate surface area is 145 Å². The van der Waals surface area contributed by atoms with Crippen LogP contribution in [-0.2, 0) is 12.6 Å². The Bertz CT molecular complexity index is 967. The van der Waals surface area contributed by atoms with Gasteiger partial charge in [0.1, 0.15) is 23.5 Å². The van der Waals surface area contributed by atoms with E-state index in [-0.39, 0.29) is 23.5 Å². The van der Waals surface area contributed by atoms with Crippen molar-refractivity contribution < 1.29 is 22.0 Å². The third kappa shape index (κ3) is 2.84. The molecule has 26 heavy (non-hydrogen) atoms. The highest BCUT2D eigenvalue weighted by molar-refractivity contribution is 5.77. The number of alkyl halides is 3. The number of nitrogens with zero attached hydrogens (tertiary/aromatic N) is 3. The zero-order valence-corrected chi connectivity index (χ0v) is 13.2. The molecule has 2 aromatic rings. The number of rotatable bonds is 1. The highest BCUT2D eigenvalue weighted by atomic mass is 19.4. The molecule has 0 bridgehead atoms. The summed E-state index contributed by atoms with van der Waals surface area (Å²) in [6.07, 6.45) is -3.97. The first kappa shape index (κ1) is 17.7. The van der Waals surface area contributed by atoms with Crippen LogP contribution >= 0.6 is 0 Å². The lowest BCUT2D eigenvalue weighted by molar-refractivity contribution is -0.140. The van der Waals surface area contributed by atoms with Crippen LogP contribution in [0, 0.1) is 34.3 Å². The molecular weight excluding hydrogens is 353 g/mol. The Hall–Kier alpha value is -3.13. The smallest absolute Gasteiger partial charge is 0.339 e. The summed E-state index contributed by atoms with van der Waals surface area (Å²) >= 11 is 0. The third-order valence-corrected chi connectivity index (χ3v) is 4.20. The fourth-order valence-electron chi connectivity index (χ4n) is 3.15. The molecule has 0 N–H and O–H groups in total. The second-order valence-electron chi connectivity index (χ2n) is 5.76. The fourth-order valence-corrected chi connectivity index (χ4v) is 3.15. The summed E-state index contributed by atoms with van der Waals surface area (Å²) in [6, 6.07) is 7.13. The molecule has 0 aromatic heterocycles. The van der Waals surface area contributed by atoms with Crippen LogP contribution in [0.1, 0.15) is 28.7 Å². The van der Waals surface area contributed by atoms with Crippen LogP contribution in [0.25, 0.3) is 0 Å². The van der Waals surface area contributed by atoms with Crippen molar-refractivity contribution in [1.29, 1.82) is 10.5 Å². The highest BCUT2D eigenvalue weighted by Crippen LogP contribution is 2.41. The van der Waals surface area contributed by atoms with Gasteiger partial charge in [0.05, 0.1) is 22.5 Å². The van der Waals surface area contributed by atoms with E-state index < -0.39 is 28.9 Å². The zero-order valence-electron chi connectivity index (χ0n) is 13.2. The number of halogens is 5. The van der Waals surface area contributed by atoms with Gasteiger partial charge in [-0.15, -0.1) is 0 Å². The van der Waals surface area contributed by atoms with E-state index in [0.29, 0.717) is 24.5 Å². The molecule has 0 radical (unpaired) electrons. The molecule has 3 nitrogen and oxygen atoms in total. The molecule has 2 aromatic carbocycles. The number of benzene rings is 2. The van der Waals surface area contributed by atoms with E-state index in [1.54, 1.807) is 0 Å². The molecule has 3 rings (SSSR count). The number of anilines is 2. The topological polar surface area (TPSA) is 50.8 Å². The average Bonchev–Trinajstić information content (AvgIpc) is 2.58. The normalized spacial score (nSPS) is 13.7. The third-order valence-electron chi connectivity index (χ3n) is 4.20. The first-order valence-electron chi connectivity index (χ1n) is 7.57. The number of aryl methyl sites for hydroxylation is 1. The van der Waals surface area contributed by atoms with Crippen molar-refractivity contribution in [2.24, 2.45) is 0 Å². The zero-order chi connectivity index (χ0) is 19.1. The van der Waals surface area contributed by atoms with E-state index in [1.165, 1.54) is 17.0 Å². The number of fused-ring (bicyclic) bond motifs is 1. The van der Waals surface area contributed by atoms with Gasteiger partial charge >= 0.3 is 6.18 Å². The van der Waals surface area contributed by atoms with Crippen molar-refractivity contribution in [2.75, 3.05) is 11.4 Å². The van der Waals surface area contributed by atoms with Gasteiger partial charge in [-0.25, -0.2) is 8.78 Å². The molecule has 0 unspecified atom stereocenters. The maximum absolute atomic E-state index is 14.3. The SMILES string of the molecule is N#Cc1cc(F)cc2c1N(c1ccc(C(F)(F)F)c(F)c1C#N)CCC2. The van der Waals surface area contributed by atoms with Crippen LogP contribution in [0.3, 0.4) is 0 Å². The molecule has 0 spiro atoms. The molecule has 132 valence electrons. The van der Waals surface area contributed by atoms with Crippen molar-refractivity contribution in [1.82, 2.24) is 0 Å². The fraction of sp³-hybridized carbons (Fsp3) is 0.222. The first-order valence-corrected chi connectivity index (χ1v) is 7.57. The van der Waals surface area contributed by atoms with Gasteiger partial charge in [-0.1, -0.05) is 0 Å². The monoisotopic (exact) mass is 363 g/mol. The van der Waals surface area contributed by atoms with Crippen molar-refractivity contribution in [3.05, 3.63) is 58.2 Å². The largest absolute Gasteiger partial charge is 0.419 e. The molecule has 1 aliphatic rings. The Kier molecular flexibility index (Phi) is 4.29. The summed E-state index contributed by atoms with van der Waals surface area (Å²) in [7, 11) is 0. The summed E-state index contributed by atoms with van der Waals surface area (Å²) in [6.45, 7) is 0.257. The predicted octanol–water partition coefficient (Wildman–Crippen LogP) is 4.81. The van der Waals surface area contributed by atoms with Gasteiger partial charge in [-0.05, 0) is 42.7 Å². The van der Waals surface area contributed by atoms with Gasteiger partial charge < -0.3 is 4.90 Å². The first-order chi connectivity index (χ1) is 12.3. The Morgan fingerprint density at radius 2 is 1.77 bits per heavy atom. The van der Waals surface area contributed by atoms with Crippen LogP contribution in [0.2, 0.25) is 0 Å². The minimum absolute atomic E-state index is 0.0242. The maximum atomic E-state index is 14.3. The van der Waals surface area contributed by atoms with Crippen LogP contribution in [0.15, 0.2) is 24.3 Å². The molecule has 0 saturated carbocycles. The number of hydrogen-bond donors (Lipinski definition) is 0. The van der Waals surface area contributed by atoms with Gasteiger partial charge in [0.15, 0.2) is 5.82 Å². The summed E-state index contributed by atoms with van der Waals surface area (Å²) in [5, 5.41) is 18.5. The molecule has 0 aliphatic carbocycles. The van der Waals surface area contributed by atoms with Gasteiger partial charge in [0.25, 0.3) is 0 Å². The second kappa shape index (κ2) is 6.30. The molecule has 0 atom stereocenters. The Morgan fingerprint density at radius 1 is 1.04 bits per heavy atom. The average molecular weight is 363 g/mol. The molecule has 0 amide bonds. The van der Waals surface area contributed by atoms with Crippen molar-refractivity contribution in [2.45, 2.75) is 19.0 Å².